The van der Waals surface area contributed by atoms with Crippen LogP contribution in [0.5, 0.6) is 0 Å². The van der Waals surface area contributed by atoms with E-state index >= 15 is 0 Å². The third kappa shape index (κ3) is 4.23. The number of carbonyl (C=O) groups excluding carboxylic acids is 1. The molecule has 0 aliphatic rings. The zero-order valence-electron chi connectivity index (χ0n) is 11.5. The van der Waals surface area contributed by atoms with Crippen molar-refractivity contribution >= 4 is 39.9 Å². The van der Waals surface area contributed by atoms with Crippen LogP contribution in [0.15, 0.2) is 42.5 Å². The number of carbonyl (C=O) groups is 1. The highest BCUT2D eigenvalue weighted by Gasteiger charge is 2.04. The van der Waals surface area contributed by atoms with Crippen LogP contribution in [-0.2, 0) is 4.79 Å². The number of benzene rings is 2. The summed E-state index contributed by atoms with van der Waals surface area (Å²) in [5.74, 6) is -0.0482. The molecule has 0 unspecified atom stereocenters. The molecule has 3 nitrogen and oxygen atoms in total. The summed E-state index contributed by atoms with van der Waals surface area (Å²) >= 11 is 2.22. The van der Waals surface area contributed by atoms with Gasteiger partial charge in [-0.05, 0) is 71.8 Å². The van der Waals surface area contributed by atoms with Gasteiger partial charge in [0, 0.05) is 14.9 Å². The quantitative estimate of drug-likeness (QED) is 0.789. The molecule has 2 aromatic carbocycles. The lowest BCUT2D eigenvalue weighted by Crippen LogP contribution is -2.22. The van der Waals surface area contributed by atoms with Crippen molar-refractivity contribution < 1.29 is 4.79 Å². The second kappa shape index (κ2) is 6.74. The Morgan fingerprint density at radius 2 is 1.95 bits per heavy atom. The summed E-state index contributed by atoms with van der Waals surface area (Å²) < 4.78 is 1.10. The molecule has 0 spiro atoms. The van der Waals surface area contributed by atoms with Gasteiger partial charge < -0.3 is 10.6 Å². The fourth-order valence-electron chi connectivity index (χ4n) is 1.87. The summed E-state index contributed by atoms with van der Waals surface area (Å²) in [7, 11) is 0. The van der Waals surface area contributed by atoms with E-state index in [0.29, 0.717) is 0 Å². The predicted molar refractivity (Wildman–Crippen MR) is 92.2 cm³/mol. The molecular weight excluding hydrogens is 363 g/mol. The molecule has 4 heteroatoms. The lowest BCUT2D eigenvalue weighted by Gasteiger charge is -2.11. The molecule has 0 bridgehead atoms. The van der Waals surface area contributed by atoms with E-state index in [0.717, 1.165) is 20.5 Å². The highest BCUT2D eigenvalue weighted by Crippen LogP contribution is 2.16. The molecule has 0 saturated carbocycles. The molecule has 0 fully saturated rings. The average molecular weight is 380 g/mol. The van der Waals surface area contributed by atoms with Gasteiger partial charge in [0.05, 0.1) is 6.54 Å². The van der Waals surface area contributed by atoms with E-state index in [-0.39, 0.29) is 12.5 Å². The summed E-state index contributed by atoms with van der Waals surface area (Å²) in [6, 6.07) is 13.9. The minimum Gasteiger partial charge on any atom is -0.376 e. The minimum atomic E-state index is -0.0482. The first kappa shape index (κ1) is 14.8. The maximum absolute atomic E-state index is 11.9. The summed E-state index contributed by atoms with van der Waals surface area (Å²) in [6.45, 7) is 4.32. The van der Waals surface area contributed by atoms with Crippen molar-refractivity contribution in [2.75, 3.05) is 17.2 Å². The van der Waals surface area contributed by atoms with Gasteiger partial charge in [-0.3, -0.25) is 4.79 Å². The Bertz CT molecular complexity index is 626. The zero-order valence-corrected chi connectivity index (χ0v) is 13.7. The summed E-state index contributed by atoms with van der Waals surface area (Å²) in [5, 5.41) is 6.06. The van der Waals surface area contributed by atoms with Gasteiger partial charge in [-0.15, -0.1) is 0 Å². The molecule has 0 aromatic heterocycles. The van der Waals surface area contributed by atoms with Crippen LogP contribution in [0, 0.1) is 17.4 Å². The van der Waals surface area contributed by atoms with E-state index < -0.39 is 0 Å². The largest absolute Gasteiger partial charge is 0.376 e. The van der Waals surface area contributed by atoms with E-state index in [4.69, 9.17) is 0 Å². The van der Waals surface area contributed by atoms with Gasteiger partial charge >= 0.3 is 0 Å². The monoisotopic (exact) mass is 380 g/mol. The van der Waals surface area contributed by atoms with Crippen molar-refractivity contribution in [2.45, 2.75) is 13.8 Å². The van der Waals surface area contributed by atoms with E-state index in [2.05, 4.69) is 45.4 Å². The number of anilines is 2. The third-order valence-corrected chi connectivity index (χ3v) is 3.61. The van der Waals surface area contributed by atoms with Crippen molar-refractivity contribution in [2.24, 2.45) is 0 Å². The van der Waals surface area contributed by atoms with Crippen molar-refractivity contribution in [3.05, 3.63) is 57.2 Å². The van der Waals surface area contributed by atoms with Crippen molar-refractivity contribution in [1.82, 2.24) is 0 Å². The van der Waals surface area contributed by atoms with Crippen molar-refractivity contribution in [1.29, 1.82) is 0 Å². The maximum atomic E-state index is 11.9. The Morgan fingerprint density at radius 1 is 1.15 bits per heavy atom. The number of rotatable bonds is 4. The van der Waals surface area contributed by atoms with Crippen LogP contribution in [0.1, 0.15) is 11.1 Å². The maximum Gasteiger partial charge on any atom is 0.243 e. The molecule has 2 N–H and O–H groups in total. The topological polar surface area (TPSA) is 41.1 Å². The first-order chi connectivity index (χ1) is 9.54. The molecule has 0 heterocycles. The van der Waals surface area contributed by atoms with Gasteiger partial charge in [0.15, 0.2) is 0 Å². The van der Waals surface area contributed by atoms with E-state index in [1.807, 2.05) is 44.2 Å². The molecule has 20 heavy (non-hydrogen) atoms. The molecule has 2 aromatic rings. The smallest absolute Gasteiger partial charge is 0.243 e. The van der Waals surface area contributed by atoms with Gasteiger partial charge in [-0.2, -0.15) is 0 Å². The lowest BCUT2D eigenvalue weighted by molar-refractivity contribution is -0.114. The summed E-state index contributed by atoms with van der Waals surface area (Å²) in [5.41, 5.74) is 4.14. The van der Waals surface area contributed by atoms with Crippen LogP contribution < -0.4 is 10.6 Å². The predicted octanol–water partition coefficient (Wildman–Crippen LogP) is 3.96. The normalized spacial score (nSPS) is 10.2. The average Bonchev–Trinajstić information content (AvgIpc) is 2.40. The number of aryl methyl sites for hydroxylation is 2. The second-order valence-electron chi connectivity index (χ2n) is 4.73. The van der Waals surface area contributed by atoms with E-state index in [1.165, 1.54) is 5.56 Å². The number of hydrogen-bond acceptors (Lipinski definition) is 2. The summed E-state index contributed by atoms with van der Waals surface area (Å²) in [4.78, 5) is 11.9. The highest BCUT2D eigenvalue weighted by atomic mass is 127. The van der Waals surface area contributed by atoms with E-state index in [9.17, 15) is 4.79 Å². The Morgan fingerprint density at radius 3 is 2.70 bits per heavy atom. The van der Waals surface area contributed by atoms with Gasteiger partial charge in [0.1, 0.15) is 0 Å². The Balaban J connectivity index is 1.94. The molecule has 1 amide bonds. The summed E-state index contributed by atoms with van der Waals surface area (Å²) in [6.07, 6.45) is 0. The molecule has 2 rings (SSSR count). The Kier molecular flexibility index (Phi) is 5.00. The van der Waals surface area contributed by atoms with Crippen molar-refractivity contribution in [3.63, 3.8) is 0 Å². The van der Waals surface area contributed by atoms with Gasteiger partial charge in [-0.1, -0.05) is 18.2 Å². The number of amides is 1. The standard InChI is InChI=1S/C16H17IN2O/c1-11-6-7-12(2)15(8-11)18-10-16(20)19-14-5-3-4-13(17)9-14/h3-9,18H,10H2,1-2H3,(H,19,20). The third-order valence-electron chi connectivity index (χ3n) is 2.94. The molecule has 0 radical (unpaired) electrons. The van der Waals surface area contributed by atoms with Crippen LogP contribution in [0.2, 0.25) is 0 Å². The minimum absolute atomic E-state index is 0.0482. The molecular formula is C16H17IN2O. The van der Waals surface area contributed by atoms with Crippen LogP contribution in [-0.4, -0.2) is 12.5 Å². The molecule has 0 aliphatic heterocycles. The SMILES string of the molecule is Cc1ccc(C)c(NCC(=O)Nc2cccc(I)c2)c1. The van der Waals surface area contributed by atoms with Gasteiger partial charge in [0.2, 0.25) is 5.91 Å². The van der Waals surface area contributed by atoms with Gasteiger partial charge in [0.25, 0.3) is 0 Å². The number of hydrogen-bond donors (Lipinski definition) is 2. The first-order valence-electron chi connectivity index (χ1n) is 6.41. The molecule has 0 atom stereocenters. The Hall–Kier alpha value is -1.56. The number of halogens is 1. The van der Waals surface area contributed by atoms with Crippen LogP contribution in [0.3, 0.4) is 0 Å². The molecule has 104 valence electrons. The number of nitrogens with one attached hydrogen (secondary N) is 2. The van der Waals surface area contributed by atoms with E-state index in [1.54, 1.807) is 0 Å². The molecule has 0 aliphatic carbocycles. The van der Waals surface area contributed by atoms with Gasteiger partial charge in [-0.25, -0.2) is 0 Å². The fourth-order valence-corrected chi connectivity index (χ4v) is 2.42. The van der Waals surface area contributed by atoms with Crippen LogP contribution in [0.25, 0.3) is 0 Å². The second-order valence-corrected chi connectivity index (χ2v) is 5.98. The molecule has 0 saturated heterocycles. The van der Waals surface area contributed by atoms with Crippen LogP contribution in [0.4, 0.5) is 11.4 Å². The Labute approximate surface area is 132 Å². The fraction of sp³-hybridized carbons (Fsp3) is 0.188. The zero-order chi connectivity index (χ0) is 14.5. The lowest BCUT2D eigenvalue weighted by atomic mass is 10.1. The highest BCUT2D eigenvalue weighted by molar-refractivity contribution is 14.1. The first-order valence-corrected chi connectivity index (χ1v) is 7.49. The van der Waals surface area contributed by atoms with Crippen LogP contribution >= 0.6 is 22.6 Å². The van der Waals surface area contributed by atoms with Crippen molar-refractivity contribution in [3.8, 4) is 0 Å².